The molecule has 0 saturated carbocycles. The maximum atomic E-state index is 13.2. The summed E-state index contributed by atoms with van der Waals surface area (Å²) in [5.74, 6) is 0.274. The third-order valence-corrected chi connectivity index (χ3v) is 2.44. The zero-order chi connectivity index (χ0) is 13.7. The van der Waals surface area contributed by atoms with Crippen molar-refractivity contribution in [2.45, 2.75) is 6.42 Å². The number of ether oxygens (including phenoxy) is 1. The monoisotopic (exact) mass is 252 g/mol. The number of nitriles is 2. The summed E-state index contributed by atoms with van der Waals surface area (Å²) in [6, 6.07) is 14.7. The molecule has 0 saturated heterocycles. The molecule has 0 heterocycles. The maximum Gasteiger partial charge on any atom is 0.131 e. The van der Waals surface area contributed by atoms with Crippen molar-refractivity contribution in [1.29, 1.82) is 10.5 Å². The van der Waals surface area contributed by atoms with Gasteiger partial charge in [-0.25, -0.2) is 4.39 Å². The minimum atomic E-state index is -0.518. The molecule has 4 heteroatoms. The Bertz CT molecular complexity index is 666. The summed E-state index contributed by atoms with van der Waals surface area (Å²) in [5, 5.41) is 17.3. The first kappa shape index (κ1) is 12.6. The molecule has 0 radical (unpaired) electrons. The fourth-order valence-corrected chi connectivity index (χ4v) is 1.59. The quantitative estimate of drug-likeness (QED) is 0.839. The van der Waals surface area contributed by atoms with Crippen molar-refractivity contribution in [3.8, 4) is 23.6 Å². The van der Waals surface area contributed by atoms with Gasteiger partial charge in [-0.05, 0) is 29.8 Å². The summed E-state index contributed by atoms with van der Waals surface area (Å²) in [5.41, 5.74) is 1.09. The molecule has 0 aromatic heterocycles. The fraction of sp³-hybridized carbons (Fsp3) is 0.0667. The second kappa shape index (κ2) is 5.66. The van der Waals surface area contributed by atoms with Crippen molar-refractivity contribution < 1.29 is 9.13 Å². The summed E-state index contributed by atoms with van der Waals surface area (Å²) >= 11 is 0. The molecule has 0 bridgehead atoms. The van der Waals surface area contributed by atoms with Gasteiger partial charge in [-0.1, -0.05) is 12.1 Å². The number of benzene rings is 2. The topological polar surface area (TPSA) is 56.8 Å². The van der Waals surface area contributed by atoms with Gasteiger partial charge in [0, 0.05) is 6.07 Å². The molecule has 0 atom stereocenters. The Balaban J connectivity index is 2.19. The maximum absolute atomic E-state index is 13.2. The van der Waals surface area contributed by atoms with E-state index in [4.69, 9.17) is 15.3 Å². The lowest BCUT2D eigenvalue weighted by Gasteiger charge is -2.06. The van der Waals surface area contributed by atoms with Crippen LogP contribution in [0.2, 0.25) is 0 Å². The third-order valence-electron chi connectivity index (χ3n) is 2.44. The summed E-state index contributed by atoms with van der Waals surface area (Å²) in [6.07, 6.45) is 0.332. The number of halogens is 1. The Kier molecular flexibility index (Phi) is 3.75. The van der Waals surface area contributed by atoms with Gasteiger partial charge >= 0.3 is 0 Å². The molecule has 2 aromatic rings. The molecule has 0 aliphatic rings. The van der Waals surface area contributed by atoms with Crippen LogP contribution in [0.4, 0.5) is 4.39 Å². The fourth-order valence-electron chi connectivity index (χ4n) is 1.59. The van der Waals surface area contributed by atoms with E-state index in [0.717, 1.165) is 11.6 Å². The molecule has 2 rings (SSSR count). The minimum Gasteiger partial charge on any atom is -0.457 e. The first-order chi connectivity index (χ1) is 9.21. The van der Waals surface area contributed by atoms with Gasteiger partial charge in [0.1, 0.15) is 17.3 Å². The van der Waals surface area contributed by atoms with Gasteiger partial charge in [-0.15, -0.1) is 0 Å². The van der Waals surface area contributed by atoms with Crippen molar-refractivity contribution in [2.75, 3.05) is 0 Å². The Hall–Kier alpha value is -2.85. The molecule has 0 unspecified atom stereocenters. The molecule has 0 aliphatic carbocycles. The molecule has 0 aliphatic heterocycles. The van der Waals surface area contributed by atoms with Crippen LogP contribution in [0, 0.1) is 28.5 Å². The van der Waals surface area contributed by atoms with E-state index in [-0.39, 0.29) is 11.3 Å². The van der Waals surface area contributed by atoms with Crippen molar-refractivity contribution in [3.63, 3.8) is 0 Å². The van der Waals surface area contributed by atoms with Gasteiger partial charge in [-0.3, -0.25) is 0 Å². The zero-order valence-electron chi connectivity index (χ0n) is 9.93. The predicted octanol–water partition coefficient (Wildman–Crippen LogP) is 3.56. The second-order valence-corrected chi connectivity index (χ2v) is 3.87. The van der Waals surface area contributed by atoms with Crippen LogP contribution in [0.15, 0.2) is 42.5 Å². The van der Waals surface area contributed by atoms with Gasteiger partial charge in [0.05, 0.1) is 24.1 Å². The van der Waals surface area contributed by atoms with E-state index in [2.05, 4.69) is 0 Å². The summed E-state index contributed by atoms with van der Waals surface area (Å²) < 4.78 is 18.7. The van der Waals surface area contributed by atoms with Crippen molar-refractivity contribution in [1.82, 2.24) is 0 Å². The van der Waals surface area contributed by atoms with Gasteiger partial charge < -0.3 is 4.74 Å². The predicted molar refractivity (Wildman–Crippen MR) is 66.9 cm³/mol. The number of hydrogen-bond donors (Lipinski definition) is 0. The molecule has 2 aromatic carbocycles. The van der Waals surface area contributed by atoms with Crippen LogP contribution in [0.25, 0.3) is 0 Å². The number of nitrogens with zero attached hydrogens (tertiary/aromatic N) is 2. The van der Waals surface area contributed by atoms with E-state index in [1.165, 1.54) is 12.1 Å². The SMILES string of the molecule is N#CCc1ccc(Oc2cc(F)cc(C#N)c2)cc1. The lowest BCUT2D eigenvalue weighted by Crippen LogP contribution is -1.88. The molecule has 19 heavy (non-hydrogen) atoms. The zero-order valence-corrected chi connectivity index (χ0v) is 9.93. The van der Waals surface area contributed by atoms with E-state index in [1.54, 1.807) is 24.3 Å². The Labute approximate surface area is 110 Å². The molecule has 3 nitrogen and oxygen atoms in total. The Morgan fingerprint density at radius 3 is 2.37 bits per heavy atom. The lowest BCUT2D eigenvalue weighted by atomic mass is 10.1. The highest BCUT2D eigenvalue weighted by Crippen LogP contribution is 2.23. The Morgan fingerprint density at radius 2 is 1.74 bits per heavy atom. The van der Waals surface area contributed by atoms with Gasteiger partial charge in [0.2, 0.25) is 0 Å². The Morgan fingerprint density at radius 1 is 1.00 bits per heavy atom. The summed E-state index contributed by atoms with van der Waals surface area (Å²) in [6.45, 7) is 0. The van der Waals surface area contributed by atoms with Crippen LogP contribution < -0.4 is 4.74 Å². The highest BCUT2D eigenvalue weighted by molar-refractivity contribution is 5.40. The van der Waals surface area contributed by atoms with Gasteiger partial charge in [0.15, 0.2) is 0 Å². The van der Waals surface area contributed by atoms with Crippen LogP contribution in [0.5, 0.6) is 11.5 Å². The molecule has 0 spiro atoms. The van der Waals surface area contributed by atoms with Crippen LogP contribution in [0.1, 0.15) is 11.1 Å². The van der Waals surface area contributed by atoms with Crippen LogP contribution in [0.3, 0.4) is 0 Å². The number of hydrogen-bond acceptors (Lipinski definition) is 3. The lowest BCUT2D eigenvalue weighted by molar-refractivity contribution is 0.476. The van der Waals surface area contributed by atoms with Crippen molar-refractivity contribution in [2.24, 2.45) is 0 Å². The minimum absolute atomic E-state index is 0.205. The summed E-state index contributed by atoms with van der Waals surface area (Å²) in [4.78, 5) is 0. The van der Waals surface area contributed by atoms with Crippen LogP contribution in [-0.2, 0) is 6.42 Å². The first-order valence-corrected chi connectivity index (χ1v) is 5.55. The smallest absolute Gasteiger partial charge is 0.131 e. The number of rotatable bonds is 3. The van der Waals surface area contributed by atoms with E-state index >= 15 is 0 Å². The van der Waals surface area contributed by atoms with E-state index in [1.807, 2.05) is 12.1 Å². The summed E-state index contributed by atoms with van der Waals surface area (Å²) in [7, 11) is 0. The highest BCUT2D eigenvalue weighted by atomic mass is 19.1. The van der Waals surface area contributed by atoms with Crippen LogP contribution in [-0.4, -0.2) is 0 Å². The third kappa shape index (κ3) is 3.31. The van der Waals surface area contributed by atoms with Gasteiger partial charge in [-0.2, -0.15) is 10.5 Å². The average Bonchev–Trinajstić information content (AvgIpc) is 2.40. The molecule has 92 valence electrons. The normalized spacial score (nSPS) is 9.42. The standard InChI is InChI=1S/C15H9FN2O/c16-13-7-12(10-18)8-15(9-13)19-14-3-1-11(2-4-14)5-6-17/h1-4,7-9H,5H2. The van der Waals surface area contributed by atoms with Gasteiger partial charge in [0.25, 0.3) is 0 Å². The molecule has 0 fully saturated rings. The first-order valence-electron chi connectivity index (χ1n) is 5.55. The molecule has 0 amide bonds. The molecular formula is C15H9FN2O. The highest BCUT2D eigenvalue weighted by Gasteiger charge is 2.03. The largest absolute Gasteiger partial charge is 0.457 e. The average molecular weight is 252 g/mol. The van der Waals surface area contributed by atoms with E-state index < -0.39 is 5.82 Å². The second-order valence-electron chi connectivity index (χ2n) is 3.87. The van der Waals surface area contributed by atoms with E-state index in [9.17, 15) is 4.39 Å². The van der Waals surface area contributed by atoms with Crippen molar-refractivity contribution >= 4 is 0 Å². The van der Waals surface area contributed by atoms with Crippen LogP contribution >= 0.6 is 0 Å². The molecular weight excluding hydrogens is 243 g/mol. The van der Waals surface area contributed by atoms with Crippen molar-refractivity contribution in [3.05, 3.63) is 59.4 Å². The van der Waals surface area contributed by atoms with E-state index in [0.29, 0.717) is 12.2 Å². The molecule has 0 N–H and O–H groups in total.